The van der Waals surface area contributed by atoms with Crippen LogP contribution in [0.25, 0.3) is 0 Å². The Morgan fingerprint density at radius 3 is 2.45 bits per heavy atom. The average Bonchev–Trinajstić information content (AvgIpc) is 2.95. The van der Waals surface area contributed by atoms with Crippen LogP contribution in [0.15, 0.2) is 24.3 Å². The minimum atomic E-state index is -0.328. The van der Waals surface area contributed by atoms with Gasteiger partial charge in [0.1, 0.15) is 11.6 Å². The highest BCUT2D eigenvalue weighted by atomic mass is 19.1. The third-order valence-corrected chi connectivity index (χ3v) is 3.03. The van der Waals surface area contributed by atoms with Crippen LogP contribution in [0.2, 0.25) is 0 Å². The average molecular weight is 275 g/mol. The van der Waals surface area contributed by atoms with E-state index in [0.29, 0.717) is 11.7 Å². The van der Waals surface area contributed by atoms with E-state index in [-0.39, 0.29) is 17.8 Å². The minimum absolute atomic E-state index is 0.110. The fourth-order valence-corrected chi connectivity index (χ4v) is 2.07. The predicted molar refractivity (Wildman–Crippen MR) is 72.2 cm³/mol. The monoisotopic (exact) mass is 275 g/mol. The summed E-state index contributed by atoms with van der Waals surface area (Å²) in [4.78, 5) is 14.3. The van der Waals surface area contributed by atoms with Crippen LogP contribution in [0, 0.1) is 5.82 Å². The molecule has 1 aliphatic rings. The van der Waals surface area contributed by atoms with Gasteiger partial charge in [-0.05, 0) is 37.1 Å². The number of nitrogen functional groups attached to an aromatic ring is 1. The van der Waals surface area contributed by atoms with Crippen molar-refractivity contribution in [3.05, 3.63) is 30.1 Å². The molecule has 6 nitrogen and oxygen atoms in total. The molecule has 0 atom stereocenters. The molecule has 1 aliphatic heterocycles. The second kappa shape index (κ2) is 5.28. The Balaban J connectivity index is 1.83. The normalized spacial score (nSPS) is 14.6. The van der Waals surface area contributed by atoms with Crippen molar-refractivity contribution in [1.29, 1.82) is 0 Å². The molecule has 20 heavy (non-hydrogen) atoms. The third-order valence-electron chi connectivity index (χ3n) is 3.03. The van der Waals surface area contributed by atoms with Crippen LogP contribution in [-0.4, -0.2) is 28.0 Å². The maximum absolute atomic E-state index is 12.8. The van der Waals surface area contributed by atoms with E-state index in [1.807, 2.05) is 4.90 Å². The number of hydrogen-bond donors (Lipinski definition) is 1. The van der Waals surface area contributed by atoms with Gasteiger partial charge in [0.25, 0.3) is 0 Å². The highest BCUT2D eigenvalue weighted by Crippen LogP contribution is 2.22. The van der Waals surface area contributed by atoms with Gasteiger partial charge in [0.2, 0.25) is 11.9 Å². The van der Waals surface area contributed by atoms with Crippen molar-refractivity contribution in [2.45, 2.75) is 12.8 Å². The topological polar surface area (TPSA) is 77.2 Å². The third kappa shape index (κ3) is 2.76. The summed E-state index contributed by atoms with van der Waals surface area (Å²) >= 11 is 0. The van der Waals surface area contributed by atoms with Crippen LogP contribution in [-0.2, 0) is 0 Å². The highest BCUT2D eigenvalue weighted by molar-refractivity contribution is 5.37. The molecule has 1 aromatic carbocycles. The number of hydrogen-bond acceptors (Lipinski definition) is 6. The van der Waals surface area contributed by atoms with Crippen LogP contribution in [0.3, 0.4) is 0 Å². The van der Waals surface area contributed by atoms with Crippen molar-refractivity contribution in [3.63, 3.8) is 0 Å². The molecule has 0 amide bonds. The van der Waals surface area contributed by atoms with Gasteiger partial charge in [-0.25, -0.2) is 4.39 Å². The lowest BCUT2D eigenvalue weighted by atomic mass is 10.3. The smallest absolute Gasteiger partial charge is 0.328 e. The molecule has 0 saturated carbocycles. The second-order valence-corrected chi connectivity index (χ2v) is 4.53. The first kappa shape index (κ1) is 12.6. The van der Waals surface area contributed by atoms with Crippen molar-refractivity contribution < 1.29 is 9.13 Å². The fourth-order valence-electron chi connectivity index (χ4n) is 2.07. The molecule has 104 valence electrons. The summed E-state index contributed by atoms with van der Waals surface area (Å²) in [7, 11) is 0. The molecule has 1 saturated heterocycles. The lowest BCUT2D eigenvalue weighted by Gasteiger charge is -2.15. The number of benzene rings is 1. The van der Waals surface area contributed by atoms with Gasteiger partial charge >= 0.3 is 6.01 Å². The zero-order valence-electron chi connectivity index (χ0n) is 10.8. The van der Waals surface area contributed by atoms with Crippen LogP contribution in [0.4, 0.5) is 16.3 Å². The first-order valence-electron chi connectivity index (χ1n) is 6.40. The molecule has 0 aliphatic carbocycles. The second-order valence-electron chi connectivity index (χ2n) is 4.53. The molecule has 1 aromatic heterocycles. The highest BCUT2D eigenvalue weighted by Gasteiger charge is 2.17. The van der Waals surface area contributed by atoms with Gasteiger partial charge in [0, 0.05) is 13.1 Å². The van der Waals surface area contributed by atoms with Gasteiger partial charge in [-0.3, -0.25) is 0 Å². The van der Waals surface area contributed by atoms with E-state index in [4.69, 9.17) is 10.5 Å². The fraction of sp³-hybridized carbons (Fsp3) is 0.308. The lowest BCUT2D eigenvalue weighted by molar-refractivity contribution is 0.439. The Labute approximate surface area is 115 Å². The Hall–Kier alpha value is -2.44. The van der Waals surface area contributed by atoms with Crippen molar-refractivity contribution in [1.82, 2.24) is 15.0 Å². The van der Waals surface area contributed by atoms with Crippen molar-refractivity contribution in [3.8, 4) is 11.8 Å². The molecule has 2 aromatic rings. The summed E-state index contributed by atoms with van der Waals surface area (Å²) in [5.41, 5.74) is 5.68. The van der Waals surface area contributed by atoms with Crippen LogP contribution < -0.4 is 15.4 Å². The van der Waals surface area contributed by atoms with Gasteiger partial charge in [-0.1, -0.05) is 0 Å². The van der Waals surface area contributed by atoms with E-state index >= 15 is 0 Å². The van der Waals surface area contributed by atoms with Crippen molar-refractivity contribution >= 4 is 11.9 Å². The summed E-state index contributed by atoms with van der Waals surface area (Å²) in [5, 5.41) is 0. The Bertz CT molecular complexity index is 598. The predicted octanol–water partition coefficient (Wildman–Crippen LogP) is 1.99. The quantitative estimate of drug-likeness (QED) is 0.923. The largest absolute Gasteiger partial charge is 0.424 e. The van der Waals surface area contributed by atoms with Crippen LogP contribution >= 0.6 is 0 Å². The van der Waals surface area contributed by atoms with Gasteiger partial charge < -0.3 is 15.4 Å². The Morgan fingerprint density at radius 1 is 1.05 bits per heavy atom. The summed E-state index contributed by atoms with van der Waals surface area (Å²) in [6, 6.07) is 5.74. The standard InChI is InChI=1S/C13H14FN5O/c14-9-3-5-10(6-4-9)20-13-17-11(15)16-12(18-13)19-7-1-2-8-19/h3-6H,1-2,7-8H2,(H2,15,16,17,18). The van der Waals surface area contributed by atoms with Crippen LogP contribution in [0.1, 0.15) is 12.8 Å². The number of ether oxygens (including phenoxy) is 1. The molecule has 0 spiro atoms. The van der Waals surface area contributed by atoms with E-state index < -0.39 is 0 Å². The molecular weight excluding hydrogens is 261 g/mol. The van der Waals surface area contributed by atoms with E-state index in [1.165, 1.54) is 24.3 Å². The maximum atomic E-state index is 12.8. The molecule has 7 heteroatoms. The molecule has 0 bridgehead atoms. The minimum Gasteiger partial charge on any atom is -0.424 e. The molecule has 0 unspecified atom stereocenters. The summed E-state index contributed by atoms with van der Waals surface area (Å²) in [6.07, 6.45) is 2.22. The zero-order chi connectivity index (χ0) is 13.9. The zero-order valence-corrected chi connectivity index (χ0v) is 10.8. The molecule has 3 rings (SSSR count). The summed E-state index contributed by atoms with van der Waals surface area (Å²) in [6.45, 7) is 1.80. The van der Waals surface area contributed by atoms with E-state index in [9.17, 15) is 4.39 Å². The number of nitrogens with zero attached hydrogens (tertiary/aromatic N) is 4. The number of rotatable bonds is 3. The summed E-state index contributed by atoms with van der Waals surface area (Å²) < 4.78 is 18.3. The lowest BCUT2D eigenvalue weighted by Crippen LogP contribution is -2.21. The SMILES string of the molecule is Nc1nc(Oc2ccc(F)cc2)nc(N2CCCC2)n1. The molecule has 0 radical (unpaired) electrons. The first-order valence-corrected chi connectivity index (χ1v) is 6.40. The Kier molecular flexibility index (Phi) is 3.32. The van der Waals surface area contributed by atoms with Gasteiger partial charge in [0.15, 0.2) is 0 Å². The van der Waals surface area contributed by atoms with Gasteiger partial charge in [-0.2, -0.15) is 15.0 Å². The van der Waals surface area contributed by atoms with Crippen LogP contribution in [0.5, 0.6) is 11.8 Å². The number of aromatic nitrogens is 3. The molecular formula is C13H14FN5O. The Morgan fingerprint density at radius 2 is 1.75 bits per heavy atom. The molecule has 2 N–H and O–H groups in total. The van der Waals surface area contributed by atoms with E-state index in [1.54, 1.807) is 0 Å². The molecule has 2 heterocycles. The van der Waals surface area contributed by atoms with Gasteiger partial charge in [-0.15, -0.1) is 0 Å². The number of halogens is 1. The van der Waals surface area contributed by atoms with Gasteiger partial charge in [0.05, 0.1) is 0 Å². The number of anilines is 2. The first-order chi connectivity index (χ1) is 9.70. The maximum Gasteiger partial charge on any atom is 0.328 e. The van der Waals surface area contributed by atoms with E-state index in [0.717, 1.165) is 25.9 Å². The van der Waals surface area contributed by atoms with Crippen molar-refractivity contribution in [2.75, 3.05) is 23.7 Å². The van der Waals surface area contributed by atoms with Crippen molar-refractivity contribution in [2.24, 2.45) is 0 Å². The summed E-state index contributed by atoms with van der Waals surface area (Å²) in [5.74, 6) is 0.751. The molecule has 1 fully saturated rings. The number of nitrogens with two attached hydrogens (primary N) is 1. The van der Waals surface area contributed by atoms with E-state index in [2.05, 4.69) is 15.0 Å².